The van der Waals surface area contributed by atoms with Crippen LogP contribution in [0, 0.1) is 18.8 Å². The Morgan fingerprint density at radius 2 is 1.87 bits per heavy atom. The zero-order chi connectivity index (χ0) is 26.4. The van der Waals surface area contributed by atoms with Gasteiger partial charge in [-0.05, 0) is 55.4 Å². The summed E-state index contributed by atoms with van der Waals surface area (Å²) in [7, 11) is -2.27. The molecular formula is C25H27N7O4S2. The predicted octanol–water partition coefficient (Wildman–Crippen LogP) is 3.80. The van der Waals surface area contributed by atoms with Crippen molar-refractivity contribution in [3.8, 4) is 6.01 Å². The van der Waals surface area contributed by atoms with E-state index >= 15 is 0 Å². The highest BCUT2D eigenvalue weighted by molar-refractivity contribution is 7.90. The average molecular weight is 554 g/mol. The SMILES string of the molecule is COc1nsc(NC(=O)N2C[C@H]3CC(Nc4c(C)cnc5c4ccn5S(=O)(=O)c4ccccc4)C[C@H]3C2)n1. The molecule has 3 aromatic heterocycles. The van der Waals surface area contributed by atoms with Crippen molar-refractivity contribution < 1.29 is 17.9 Å². The maximum atomic E-state index is 13.3. The van der Waals surface area contributed by atoms with Gasteiger partial charge in [0.15, 0.2) is 5.65 Å². The summed E-state index contributed by atoms with van der Waals surface area (Å²) < 4.78 is 36.7. The fourth-order valence-electron chi connectivity index (χ4n) is 5.56. The van der Waals surface area contributed by atoms with Crippen LogP contribution in [0.25, 0.3) is 11.0 Å². The number of methoxy groups -OCH3 is 1. The lowest BCUT2D eigenvalue weighted by Crippen LogP contribution is -2.34. The molecule has 4 heterocycles. The summed E-state index contributed by atoms with van der Waals surface area (Å²) in [5, 5.41) is 7.68. The summed E-state index contributed by atoms with van der Waals surface area (Å²) in [5.41, 5.74) is 2.26. The molecule has 2 amide bonds. The molecule has 0 spiro atoms. The number of carbonyl (C=O) groups is 1. The van der Waals surface area contributed by atoms with Crippen molar-refractivity contribution in [1.29, 1.82) is 0 Å². The number of fused-ring (bicyclic) bond motifs is 2. The number of likely N-dealkylation sites (tertiary alicyclic amines) is 1. The van der Waals surface area contributed by atoms with E-state index in [1.807, 2.05) is 17.9 Å². The second kappa shape index (κ2) is 9.55. The molecule has 1 saturated heterocycles. The van der Waals surface area contributed by atoms with Gasteiger partial charge in [-0.1, -0.05) is 18.2 Å². The minimum Gasteiger partial charge on any atom is -0.466 e. The molecule has 1 aromatic carbocycles. The van der Waals surface area contributed by atoms with Gasteiger partial charge in [-0.2, -0.15) is 4.98 Å². The van der Waals surface area contributed by atoms with E-state index < -0.39 is 10.0 Å². The number of aromatic nitrogens is 4. The number of hydrogen-bond donors (Lipinski definition) is 2. The lowest BCUT2D eigenvalue weighted by Gasteiger charge is -2.21. The van der Waals surface area contributed by atoms with Crippen LogP contribution >= 0.6 is 11.5 Å². The monoisotopic (exact) mass is 553 g/mol. The molecule has 0 radical (unpaired) electrons. The Morgan fingerprint density at radius 1 is 1.13 bits per heavy atom. The van der Waals surface area contributed by atoms with E-state index in [-0.39, 0.29) is 23.0 Å². The van der Waals surface area contributed by atoms with E-state index in [0.29, 0.717) is 35.7 Å². The smallest absolute Gasteiger partial charge is 0.329 e. The Morgan fingerprint density at radius 3 is 2.55 bits per heavy atom. The highest BCUT2D eigenvalue weighted by Crippen LogP contribution is 2.41. The first kappa shape index (κ1) is 24.6. The molecule has 0 bridgehead atoms. The van der Waals surface area contributed by atoms with Gasteiger partial charge in [0.25, 0.3) is 10.0 Å². The topological polar surface area (TPSA) is 131 Å². The number of carbonyl (C=O) groups excluding carboxylic acids is 1. The zero-order valence-corrected chi connectivity index (χ0v) is 22.5. The fourth-order valence-corrected chi connectivity index (χ4v) is 7.41. The van der Waals surface area contributed by atoms with Crippen LogP contribution in [0.3, 0.4) is 0 Å². The number of anilines is 2. The summed E-state index contributed by atoms with van der Waals surface area (Å²) in [4.78, 5) is 23.4. The molecule has 198 valence electrons. The van der Waals surface area contributed by atoms with Gasteiger partial charge in [-0.3, -0.25) is 5.32 Å². The van der Waals surface area contributed by atoms with Gasteiger partial charge in [-0.15, -0.1) is 4.37 Å². The molecule has 1 unspecified atom stereocenters. The highest BCUT2D eigenvalue weighted by Gasteiger charge is 2.42. The molecule has 2 aliphatic rings. The molecule has 2 fully saturated rings. The number of urea groups is 1. The number of amides is 2. The van der Waals surface area contributed by atoms with Crippen LogP contribution in [0.5, 0.6) is 6.01 Å². The van der Waals surface area contributed by atoms with Gasteiger partial charge in [0.05, 0.1) is 12.0 Å². The van der Waals surface area contributed by atoms with E-state index in [1.165, 1.54) is 11.1 Å². The predicted molar refractivity (Wildman–Crippen MR) is 144 cm³/mol. The largest absolute Gasteiger partial charge is 0.466 e. The third-order valence-electron chi connectivity index (χ3n) is 7.36. The minimum absolute atomic E-state index is 0.171. The van der Waals surface area contributed by atoms with Crippen molar-refractivity contribution in [2.24, 2.45) is 11.8 Å². The number of aryl methyl sites for hydroxylation is 1. The molecule has 4 aromatic rings. The van der Waals surface area contributed by atoms with Crippen LogP contribution in [0.1, 0.15) is 18.4 Å². The normalized spacial score (nSPS) is 21.0. The fraction of sp³-hybridized carbons (Fsp3) is 0.360. The van der Waals surface area contributed by atoms with Crippen molar-refractivity contribution in [1.82, 2.24) is 23.2 Å². The number of hydrogen-bond acceptors (Lipinski definition) is 9. The number of benzene rings is 1. The van der Waals surface area contributed by atoms with E-state index in [2.05, 4.69) is 25.0 Å². The molecule has 38 heavy (non-hydrogen) atoms. The first-order valence-corrected chi connectivity index (χ1v) is 14.5. The summed E-state index contributed by atoms with van der Waals surface area (Å²) in [6.07, 6.45) is 5.13. The van der Waals surface area contributed by atoms with Crippen molar-refractivity contribution >= 4 is 49.4 Å². The molecule has 13 heteroatoms. The molecule has 6 rings (SSSR count). The maximum Gasteiger partial charge on any atom is 0.329 e. The average Bonchev–Trinajstić information content (AvgIpc) is 3.69. The summed E-state index contributed by atoms with van der Waals surface area (Å²) in [6, 6.07) is 10.5. The Kier molecular flexibility index (Phi) is 6.19. The van der Waals surface area contributed by atoms with Crippen LogP contribution < -0.4 is 15.4 Å². The van der Waals surface area contributed by atoms with Gasteiger partial charge >= 0.3 is 12.0 Å². The number of ether oxygens (including phenoxy) is 1. The van der Waals surface area contributed by atoms with Crippen LogP contribution in [0.2, 0.25) is 0 Å². The van der Waals surface area contributed by atoms with Gasteiger partial charge in [-0.25, -0.2) is 22.2 Å². The first-order chi connectivity index (χ1) is 18.3. The Balaban J connectivity index is 1.15. The second-order valence-corrected chi connectivity index (χ2v) is 12.3. The van der Waals surface area contributed by atoms with Crippen LogP contribution in [-0.4, -0.2) is 63.9 Å². The summed E-state index contributed by atoms with van der Waals surface area (Å²) in [5.74, 6) is 0.783. The van der Waals surface area contributed by atoms with E-state index in [0.717, 1.165) is 41.0 Å². The quantitative estimate of drug-likeness (QED) is 0.369. The molecule has 1 aliphatic carbocycles. The number of nitrogens with one attached hydrogen (secondary N) is 2. The first-order valence-electron chi connectivity index (χ1n) is 12.3. The lowest BCUT2D eigenvalue weighted by atomic mass is 10.0. The Labute approximate surface area is 224 Å². The van der Waals surface area contributed by atoms with Gasteiger partial charge in [0.1, 0.15) is 0 Å². The molecule has 11 nitrogen and oxygen atoms in total. The van der Waals surface area contributed by atoms with E-state index in [1.54, 1.807) is 42.7 Å². The maximum absolute atomic E-state index is 13.3. The standard InChI is InChI=1S/C25H27N7O4S2/c1-15-12-26-22-20(8-9-32(22)38(34,35)19-6-4-3-5-7-19)21(15)27-18-10-16-13-31(14-17(16)11-18)25(33)29-24-28-23(36-2)30-37-24/h3-9,12,16-18H,10-11,13-14H2,1-2H3,(H,26,27)(H,28,29,30,33)/t16-,17+,18?. The van der Waals surface area contributed by atoms with E-state index in [4.69, 9.17) is 4.74 Å². The third-order valence-corrected chi connectivity index (χ3v) is 9.66. The molecule has 1 aliphatic heterocycles. The minimum atomic E-state index is -3.76. The third kappa shape index (κ3) is 4.35. The number of rotatable bonds is 6. The van der Waals surface area contributed by atoms with Crippen LogP contribution in [-0.2, 0) is 10.0 Å². The highest BCUT2D eigenvalue weighted by atomic mass is 32.2. The van der Waals surface area contributed by atoms with Crippen molar-refractivity contribution in [3.63, 3.8) is 0 Å². The lowest BCUT2D eigenvalue weighted by molar-refractivity contribution is 0.218. The van der Waals surface area contributed by atoms with Crippen LogP contribution in [0.4, 0.5) is 15.6 Å². The summed E-state index contributed by atoms with van der Waals surface area (Å²) >= 11 is 1.09. The number of nitrogens with zero attached hydrogens (tertiary/aromatic N) is 5. The molecule has 2 N–H and O–H groups in total. The Hall–Kier alpha value is -3.71. The zero-order valence-electron chi connectivity index (χ0n) is 20.9. The molecule has 3 atom stereocenters. The van der Waals surface area contributed by atoms with Gasteiger partial charge < -0.3 is 15.0 Å². The van der Waals surface area contributed by atoms with Gasteiger partial charge in [0.2, 0.25) is 5.13 Å². The van der Waals surface area contributed by atoms with Crippen molar-refractivity contribution in [2.75, 3.05) is 30.8 Å². The summed E-state index contributed by atoms with van der Waals surface area (Å²) in [6.45, 7) is 3.34. The van der Waals surface area contributed by atoms with Crippen LogP contribution in [0.15, 0.2) is 53.7 Å². The van der Waals surface area contributed by atoms with Crippen molar-refractivity contribution in [2.45, 2.75) is 30.7 Å². The number of pyridine rings is 1. The second-order valence-electron chi connectivity index (χ2n) is 9.74. The van der Waals surface area contributed by atoms with E-state index in [9.17, 15) is 13.2 Å². The molecular weight excluding hydrogens is 526 g/mol. The van der Waals surface area contributed by atoms with Gasteiger partial charge in [0, 0.05) is 54.1 Å². The molecule has 1 saturated carbocycles. The Bertz CT molecular complexity index is 1590. The van der Waals surface area contributed by atoms with Crippen molar-refractivity contribution in [3.05, 3.63) is 54.4 Å².